The zero-order valence-electron chi connectivity index (χ0n) is 8.54. The molecule has 0 fully saturated rings. The average Bonchev–Trinajstić information content (AvgIpc) is 2.75. The van der Waals surface area contributed by atoms with Crippen LogP contribution in [-0.4, -0.2) is 11.3 Å². The first-order chi connectivity index (χ1) is 7.86. The van der Waals surface area contributed by atoms with E-state index in [1.54, 1.807) is 12.5 Å². The Hall–Kier alpha value is -2.27. The summed E-state index contributed by atoms with van der Waals surface area (Å²) in [6, 6.07) is 9.99. The molecule has 2 heterocycles. The van der Waals surface area contributed by atoms with Crippen LogP contribution in [0.5, 0.6) is 0 Å². The first kappa shape index (κ1) is 8.99. The Morgan fingerprint density at radius 2 is 1.94 bits per heavy atom. The number of hydrazine groups is 2. The third-order valence-electron chi connectivity index (χ3n) is 2.51. The molecule has 1 aromatic rings. The van der Waals surface area contributed by atoms with Gasteiger partial charge in [0.1, 0.15) is 17.7 Å². The Kier molecular flexibility index (Phi) is 1.91. The predicted octanol–water partition coefficient (Wildman–Crippen LogP) is 0.912. The molecule has 0 atom stereocenters. The molecule has 0 saturated heterocycles. The van der Waals surface area contributed by atoms with Crippen molar-refractivity contribution in [2.75, 3.05) is 5.01 Å². The van der Waals surface area contributed by atoms with E-state index in [4.69, 9.17) is 5.84 Å². The summed E-state index contributed by atoms with van der Waals surface area (Å²) < 4.78 is 0. The monoisotopic (exact) mass is 213 g/mol. The number of hydrogen-bond donors (Lipinski definition) is 2. The minimum Gasteiger partial charge on any atom is -0.299 e. The lowest BCUT2D eigenvalue weighted by atomic mass is 10.2. The number of aliphatic imine (C=N–C) groups is 1. The molecule has 5 nitrogen and oxygen atoms in total. The minimum atomic E-state index is 0.902. The number of anilines is 1. The zero-order chi connectivity index (χ0) is 11.0. The summed E-state index contributed by atoms with van der Waals surface area (Å²) in [7, 11) is 0. The van der Waals surface area contributed by atoms with Crippen LogP contribution in [0.25, 0.3) is 0 Å². The van der Waals surface area contributed by atoms with Gasteiger partial charge in [0.25, 0.3) is 0 Å². The van der Waals surface area contributed by atoms with E-state index >= 15 is 0 Å². The average molecular weight is 213 g/mol. The Morgan fingerprint density at radius 3 is 2.75 bits per heavy atom. The largest absolute Gasteiger partial charge is 0.299 e. The molecule has 0 bridgehead atoms. The molecule has 0 unspecified atom stereocenters. The maximum atomic E-state index is 5.77. The van der Waals surface area contributed by atoms with Crippen LogP contribution in [0.1, 0.15) is 0 Å². The fourth-order valence-corrected chi connectivity index (χ4v) is 1.74. The summed E-state index contributed by atoms with van der Waals surface area (Å²) in [6.07, 6.45) is 5.21. The standard InChI is InChI=1S/C11H11N5/c12-15-8-13-6-11-10(15)7-14-16(11)9-4-2-1-3-5-9/h1-8,14H,12H2. The minimum absolute atomic E-state index is 0.902. The number of nitrogens with zero attached hydrogens (tertiary/aromatic N) is 3. The molecule has 80 valence electrons. The number of rotatable bonds is 1. The van der Waals surface area contributed by atoms with Crippen LogP contribution in [0.4, 0.5) is 5.69 Å². The van der Waals surface area contributed by atoms with Crippen molar-refractivity contribution in [3.63, 3.8) is 0 Å². The quantitative estimate of drug-likeness (QED) is 0.681. The number of hydrogen-bond acceptors (Lipinski definition) is 5. The first-order valence-electron chi connectivity index (χ1n) is 4.95. The van der Waals surface area contributed by atoms with Crippen LogP contribution in [-0.2, 0) is 0 Å². The highest BCUT2D eigenvalue weighted by Gasteiger charge is 2.25. The van der Waals surface area contributed by atoms with E-state index in [-0.39, 0.29) is 0 Å². The number of para-hydroxylation sites is 1. The molecule has 2 aliphatic heterocycles. The zero-order valence-corrected chi connectivity index (χ0v) is 8.54. The molecular weight excluding hydrogens is 202 g/mol. The Labute approximate surface area is 93.1 Å². The van der Waals surface area contributed by atoms with Gasteiger partial charge in [-0.15, -0.1) is 0 Å². The van der Waals surface area contributed by atoms with Gasteiger partial charge in [0.15, 0.2) is 0 Å². The maximum absolute atomic E-state index is 5.77. The Balaban J connectivity index is 1.98. The molecule has 0 spiro atoms. The van der Waals surface area contributed by atoms with Gasteiger partial charge in [-0.1, -0.05) is 18.2 Å². The third-order valence-corrected chi connectivity index (χ3v) is 2.51. The molecule has 0 saturated carbocycles. The van der Waals surface area contributed by atoms with Gasteiger partial charge in [-0.25, -0.2) is 10.8 Å². The maximum Gasteiger partial charge on any atom is 0.110 e. The summed E-state index contributed by atoms with van der Waals surface area (Å²) in [5, 5.41) is 3.43. The van der Waals surface area contributed by atoms with Crippen LogP contribution in [0.15, 0.2) is 59.1 Å². The fraction of sp³-hybridized carbons (Fsp3) is 0. The van der Waals surface area contributed by atoms with Gasteiger partial charge in [0, 0.05) is 6.20 Å². The molecule has 0 aromatic heterocycles. The molecule has 16 heavy (non-hydrogen) atoms. The molecule has 0 amide bonds. The molecule has 0 aliphatic carbocycles. The SMILES string of the molecule is NN1C=NC=C2C1=CNN2c1ccccc1. The van der Waals surface area contributed by atoms with Crippen molar-refractivity contribution < 1.29 is 0 Å². The van der Waals surface area contributed by atoms with Gasteiger partial charge in [-0.05, 0) is 12.1 Å². The van der Waals surface area contributed by atoms with Crippen molar-refractivity contribution >= 4 is 12.0 Å². The van der Waals surface area contributed by atoms with E-state index in [9.17, 15) is 0 Å². The number of fused-ring (bicyclic) bond motifs is 1. The fourth-order valence-electron chi connectivity index (χ4n) is 1.74. The normalized spacial score (nSPS) is 17.8. The van der Waals surface area contributed by atoms with Crippen LogP contribution in [0.3, 0.4) is 0 Å². The Bertz CT molecular complexity index is 488. The van der Waals surface area contributed by atoms with E-state index < -0.39 is 0 Å². The van der Waals surface area contributed by atoms with E-state index in [0.717, 1.165) is 17.1 Å². The van der Waals surface area contributed by atoms with Crippen LogP contribution in [0.2, 0.25) is 0 Å². The summed E-state index contributed by atoms with van der Waals surface area (Å²) in [5.41, 5.74) is 6.04. The highest BCUT2D eigenvalue weighted by Crippen LogP contribution is 2.27. The van der Waals surface area contributed by atoms with E-state index in [0.29, 0.717) is 0 Å². The van der Waals surface area contributed by atoms with Gasteiger partial charge >= 0.3 is 0 Å². The molecule has 3 N–H and O–H groups in total. The smallest absolute Gasteiger partial charge is 0.110 e. The van der Waals surface area contributed by atoms with E-state index in [1.165, 1.54) is 5.01 Å². The second kappa shape index (κ2) is 3.39. The lowest BCUT2D eigenvalue weighted by Crippen LogP contribution is -2.34. The second-order valence-electron chi connectivity index (χ2n) is 3.52. The lowest BCUT2D eigenvalue weighted by molar-refractivity contribution is 0.566. The first-order valence-corrected chi connectivity index (χ1v) is 4.95. The third kappa shape index (κ3) is 1.26. The van der Waals surface area contributed by atoms with E-state index in [2.05, 4.69) is 10.4 Å². The summed E-state index contributed by atoms with van der Waals surface area (Å²) in [5.74, 6) is 5.77. The van der Waals surface area contributed by atoms with Crippen molar-refractivity contribution in [2.45, 2.75) is 0 Å². The molecule has 3 rings (SSSR count). The summed E-state index contributed by atoms with van der Waals surface area (Å²) >= 11 is 0. The van der Waals surface area contributed by atoms with Gasteiger partial charge in [-0.3, -0.25) is 15.4 Å². The van der Waals surface area contributed by atoms with Crippen molar-refractivity contribution in [2.24, 2.45) is 10.8 Å². The molecule has 5 heteroatoms. The van der Waals surface area contributed by atoms with Crippen LogP contribution in [0, 0.1) is 0 Å². The van der Waals surface area contributed by atoms with Crippen LogP contribution < -0.4 is 16.3 Å². The topological polar surface area (TPSA) is 56.9 Å². The molecular formula is C11H11N5. The summed E-state index contributed by atoms with van der Waals surface area (Å²) in [4.78, 5) is 4.07. The number of nitrogens with two attached hydrogens (primary N) is 1. The van der Waals surface area contributed by atoms with Crippen molar-refractivity contribution in [1.29, 1.82) is 0 Å². The summed E-state index contributed by atoms with van der Waals surface area (Å²) in [6.45, 7) is 0. The van der Waals surface area contributed by atoms with E-state index in [1.807, 2.05) is 41.5 Å². The van der Waals surface area contributed by atoms with Crippen LogP contribution >= 0.6 is 0 Å². The Morgan fingerprint density at radius 1 is 1.12 bits per heavy atom. The number of nitrogens with one attached hydrogen (secondary N) is 1. The van der Waals surface area contributed by atoms with Crippen molar-refractivity contribution in [1.82, 2.24) is 10.4 Å². The van der Waals surface area contributed by atoms with Gasteiger partial charge in [-0.2, -0.15) is 0 Å². The molecule has 0 radical (unpaired) electrons. The molecule has 2 aliphatic rings. The van der Waals surface area contributed by atoms with Crippen molar-refractivity contribution in [3.05, 3.63) is 54.1 Å². The second-order valence-corrected chi connectivity index (χ2v) is 3.52. The van der Waals surface area contributed by atoms with Gasteiger partial charge in [0.2, 0.25) is 0 Å². The predicted molar refractivity (Wildman–Crippen MR) is 62.7 cm³/mol. The van der Waals surface area contributed by atoms with Crippen molar-refractivity contribution in [3.8, 4) is 0 Å². The highest BCUT2D eigenvalue weighted by molar-refractivity contribution is 5.68. The highest BCUT2D eigenvalue weighted by atomic mass is 15.6. The number of benzene rings is 1. The van der Waals surface area contributed by atoms with Gasteiger partial charge < -0.3 is 0 Å². The molecule has 1 aromatic carbocycles. The lowest BCUT2D eigenvalue weighted by Gasteiger charge is -2.24. The van der Waals surface area contributed by atoms with Gasteiger partial charge in [0.05, 0.1) is 11.9 Å².